The number of nitrogens with zero attached hydrogens (tertiary/aromatic N) is 1. The maximum Gasteiger partial charge on any atom is 0.119 e. The molecule has 1 aromatic heterocycles. The molecule has 1 heterocycles. The van der Waals surface area contributed by atoms with Crippen molar-refractivity contribution >= 4 is 12.4 Å². The van der Waals surface area contributed by atoms with Gasteiger partial charge in [0.25, 0.3) is 0 Å². The van der Waals surface area contributed by atoms with Crippen LogP contribution in [-0.2, 0) is 0 Å². The number of benzene rings is 2. The highest BCUT2D eigenvalue weighted by Gasteiger charge is 2.13. The first-order valence-corrected chi connectivity index (χ1v) is 8.56. The molecule has 0 saturated heterocycles. The number of aromatic nitrogens is 1. The third-order valence-electron chi connectivity index (χ3n) is 4.21. The van der Waals surface area contributed by atoms with Crippen molar-refractivity contribution in [2.45, 2.75) is 25.2 Å². The number of pyridine rings is 1. The van der Waals surface area contributed by atoms with E-state index in [0.717, 1.165) is 31.6 Å². The molecule has 0 fully saturated rings. The maximum absolute atomic E-state index is 5.79. The molecule has 0 amide bonds. The van der Waals surface area contributed by atoms with Gasteiger partial charge < -0.3 is 4.74 Å². The Morgan fingerprint density at radius 2 is 1.32 bits per heavy atom. The molecule has 0 aliphatic heterocycles. The summed E-state index contributed by atoms with van der Waals surface area (Å²) in [5.74, 6) is 1.37. The third-order valence-corrected chi connectivity index (χ3v) is 4.21. The number of hydrogen-bond acceptors (Lipinski definition) is 2. The second-order valence-corrected chi connectivity index (χ2v) is 5.90. The number of hydrogen-bond donors (Lipinski definition) is 0. The Morgan fingerprint density at radius 1 is 0.720 bits per heavy atom. The van der Waals surface area contributed by atoms with Gasteiger partial charge in [-0.15, -0.1) is 12.4 Å². The van der Waals surface area contributed by atoms with Crippen molar-refractivity contribution in [2.24, 2.45) is 0 Å². The highest BCUT2D eigenvalue weighted by atomic mass is 35.5. The zero-order valence-corrected chi connectivity index (χ0v) is 15.1. The summed E-state index contributed by atoms with van der Waals surface area (Å²) in [6, 6.07) is 25.0. The number of para-hydroxylation sites is 1. The number of rotatable bonds is 8. The summed E-state index contributed by atoms with van der Waals surface area (Å²) < 4.78 is 5.79. The molecule has 0 N–H and O–H groups in total. The van der Waals surface area contributed by atoms with Gasteiger partial charge >= 0.3 is 0 Å². The second-order valence-electron chi connectivity index (χ2n) is 5.90. The minimum atomic E-state index is 0. The van der Waals surface area contributed by atoms with Gasteiger partial charge in [-0.25, -0.2) is 0 Å². The minimum absolute atomic E-state index is 0. The lowest BCUT2D eigenvalue weighted by Crippen LogP contribution is -2.03. The first-order chi connectivity index (χ1) is 11.9. The van der Waals surface area contributed by atoms with E-state index in [-0.39, 0.29) is 12.4 Å². The summed E-state index contributed by atoms with van der Waals surface area (Å²) in [5.41, 5.74) is 2.70. The highest BCUT2D eigenvalue weighted by molar-refractivity contribution is 5.85. The number of unbranched alkanes of at least 4 members (excludes halogenated alkanes) is 1. The summed E-state index contributed by atoms with van der Waals surface area (Å²) in [4.78, 5) is 4.14. The van der Waals surface area contributed by atoms with Crippen LogP contribution < -0.4 is 4.74 Å². The van der Waals surface area contributed by atoms with Crippen LogP contribution in [0.25, 0.3) is 0 Å². The monoisotopic (exact) mass is 353 g/mol. The van der Waals surface area contributed by atoms with Gasteiger partial charge in [-0.2, -0.15) is 0 Å². The Bertz CT molecular complexity index is 664. The normalized spacial score (nSPS) is 11.4. The fourth-order valence-electron chi connectivity index (χ4n) is 2.96. The molecule has 1 atom stereocenters. The average molecular weight is 354 g/mol. The maximum atomic E-state index is 5.79. The van der Waals surface area contributed by atoms with Crippen molar-refractivity contribution in [1.29, 1.82) is 0 Å². The van der Waals surface area contributed by atoms with E-state index in [1.165, 1.54) is 11.1 Å². The Labute approximate surface area is 156 Å². The molecule has 0 radical (unpaired) electrons. The molecule has 3 heteroatoms. The molecule has 0 bridgehead atoms. The highest BCUT2D eigenvalue weighted by Crippen LogP contribution is 2.29. The van der Waals surface area contributed by atoms with Gasteiger partial charge in [0, 0.05) is 18.3 Å². The Balaban J connectivity index is 0.00000225. The van der Waals surface area contributed by atoms with E-state index in [1.54, 1.807) is 0 Å². The van der Waals surface area contributed by atoms with Gasteiger partial charge in [-0.1, -0.05) is 48.5 Å². The molecule has 0 spiro atoms. The predicted molar refractivity (Wildman–Crippen MR) is 106 cm³/mol. The van der Waals surface area contributed by atoms with Crippen molar-refractivity contribution in [2.75, 3.05) is 6.61 Å². The summed E-state index contributed by atoms with van der Waals surface area (Å²) >= 11 is 0. The molecular weight excluding hydrogens is 330 g/mol. The van der Waals surface area contributed by atoms with Gasteiger partial charge in [-0.3, -0.25) is 4.98 Å². The van der Waals surface area contributed by atoms with Crippen molar-refractivity contribution < 1.29 is 4.74 Å². The van der Waals surface area contributed by atoms with Crippen LogP contribution >= 0.6 is 12.4 Å². The van der Waals surface area contributed by atoms with Gasteiger partial charge in [0.2, 0.25) is 0 Å². The fraction of sp³-hybridized carbons (Fsp3) is 0.227. The van der Waals surface area contributed by atoms with Gasteiger partial charge in [-0.05, 0) is 54.7 Å². The second kappa shape index (κ2) is 10.5. The standard InChI is InChI=1S/C22H23NO.ClH/c1-3-9-19(10-4-1)22(20-14-16-23-17-15-20)13-7-8-18-24-21-11-5-2-6-12-21;/h1-6,9-12,14-17,22H,7-8,13,18H2;1H. The molecule has 2 nitrogen and oxygen atoms in total. The molecule has 3 aromatic rings. The van der Waals surface area contributed by atoms with Crippen LogP contribution in [0, 0.1) is 0 Å². The molecule has 1 unspecified atom stereocenters. The molecule has 3 rings (SSSR count). The molecular formula is C22H24ClNO. The lowest BCUT2D eigenvalue weighted by atomic mass is 9.87. The Hall–Kier alpha value is -2.32. The van der Waals surface area contributed by atoms with Crippen LogP contribution in [0.2, 0.25) is 0 Å². The topological polar surface area (TPSA) is 22.1 Å². The van der Waals surface area contributed by atoms with Crippen LogP contribution in [0.4, 0.5) is 0 Å². The van der Waals surface area contributed by atoms with E-state index < -0.39 is 0 Å². The molecule has 0 aliphatic carbocycles. The van der Waals surface area contributed by atoms with Crippen LogP contribution in [0.1, 0.15) is 36.3 Å². The minimum Gasteiger partial charge on any atom is -0.494 e. The van der Waals surface area contributed by atoms with Crippen LogP contribution in [0.3, 0.4) is 0 Å². The lowest BCUT2D eigenvalue weighted by molar-refractivity contribution is 0.304. The van der Waals surface area contributed by atoms with E-state index in [1.807, 2.05) is 42.7 Å². The molecule has 0 saturated carbocycles. The van der Waals surface area contributed by atoms with Gasteiger partial charge in [0.15, 0.2) is 0 Å². The summed E-state index contributed by atoms with van der Waals surface area (Å²) in [6.45, 7) is 0.766. The summed E-state index contributed by atoms with van der Waals surface area (Å²) in [6.07, 6.45) is 7.07. The zero-order chi connectivity index (χ0) is 16.5. The van der Waals surface area contributed by atoms with Gasteiger partial charge in [0.1, 0.15) is 5.75 Å². The SMILES string of the molecule is Cl.c1ccc(OCCCCC(c2ccccc2)c2ccncc2)cc1. The zero-order valence-electron chi connectivity index (χ0n) is 14.3. The van der Waals surface area contributed by atoms with E-state index >= 15 is 0 Å². The van der Waals surface area contributed by atoms with Crippen LogP contribution in [0.5, 0.6) is 5.75 Å². The van der Waals surface area contributed by atoms with Crippen LogP contribution in [-0.4, -0.2) is 11.6 Å². The molecule has 0 aliphatic rings. The van der Waals surface area contributed by atoms with Crippen molar-refractivity contribution in [3.63, 3.8) is 0 Å². The van der Waals surface area contributed by atoms with Crippen molar-refractivity contribution in [1.82, 2.24) is 4.98 Å². The van der Waals surface area contributed by atoms with Gasteiger partial charge in [0.05, 0.1) is 6.61 Å². The molecule has 130 valence electrons. The van der Waals surface area contributed by atoms with Crippen molar-refractivity contribution in [3.8, 4) is 5.75 Å². The quantitative estimate of drug-likeness (QED) is 0.471. The smallest absolute Gasteiger partial charge is 0.119 e. The van der Waals surface area contributed by atoms with E-state index in [4.69, 9.17) is 4.74 Å². The first kappa shape index (κ1) is 19.0. The van der Waals surface area contributed by atoms with E-state index in [0.29, 0.717) is 5.92 Å². The number of ether oxygens (including phenoxy) is 1. The largest absolute Gasteiger partial charge is 0.494 e. The number of halogens is 1. The Kier molecular flexibility index (Phi) is 8.00. The lowest BCUT2D eigenvalue weighted by Gasteiger charge is -2.18. The van der Waals surface area contributed by atoms with Crippen molar-refractivity contribution in [3.05, 3.63) is 96.3 Å². The molecule has 2 aromatic carbocycles. The first-order valence-electron chi connectivity index (χ1n) is 8.56. The third kappa shape index (κ3) is 5.91. The Morgan fingerprint density at radius 3 is 2.00 bits per heavy atom. The van der Waals surface area contributed by atoms with E-state index in [9.17, 15) is 0 Å². The summed E-state index contributed by atoms with van der Waals surface area (Å²) in [5, 5.41) is 0. The average Bonchev–Trinajstić information content (AvgIpc) is 2.67. The summed E-state index contributed by atoms with van der Waals surface area (Å²) in [7, 11) is 0. The molecule has 25 heavy (non-hydrogen) atoms. The van der Waals surface area contributed by atoms with Crippen LogP contribution in [0.15, 0.2) is 85.2 Å². The predicted octanol–water partition coefficient (Wildman–Crippen LogP) is 5.88. The fourth-order valence-corrected chi connectivity index (χ4v) is 2.96. The van der Waals surface area contributed by atoms with E-state index in [2.05, 4.69) is 47.4 Å².